The second-order valence-electron chi connectivity index (χ2n) is 8.31. The first-order valence-electron chi connectivity index (χ1n) is 11.7. The van der Waals surface area contributed by atoms with Crippen molar-refractivity contribution in [3.63, 3.8) is 0 Å². The van der Waals surface area contributed by atoms with Crippen LogP contribution in [-0.4, -0.2) is 45.5 Å². The van der Waals surface area contributed by atoms with Crippen LogP contribution in [-0.2, 0) is 7.05 Å². The van der Waals surface area contributed by atoms with Crippen molar-refractivity contribution in [2.45, 2.75) is 0 Å². The van der Waals surface area contributed by atoms with Crippen LogP contribution in [0.1, 0.15) is 11.4 Å². The second kappa shape index (κ2) is 10.7. The topological polar surface area (TPSA) is 102 Å². The number of pyridine rings is 1. The summed E-state index contributed by atoms with van der Waals surface area (Å²) in [6.07, 6.45) is 5.41. The molecule has 186 valence electrons. The number of nitriles is 1. The molecule has 0 N–H and O–H groups in total. The van der Waals surface area contributed by atoms with Crippen LogP contribution >= 0.6 is 0 Å². The van der Waals surface area contributed by atoms with Gasteiger partial charge in [0.1, 0.15) is 29.0 Å². The molecular formula is C29H23N7O2. The lowest BCUT2D eigenvalue weighted by molar-refractivity contribution is 0.394. The number of hydrogen-bond donors (Lipinski definition) is 0. The average Bonchev–Trinajstić information content (AvgIpc) is 3.40. The summed E-state index contributed by atoms with van der Waals surface area (Å²) in [5, 5.41) is 13.4. The van der Waals surface area contributed by atoms with Crippen molar-refractivity contribution >= 4 is 22.4 Å². The summed E-state index contributed by atoms with van der Waals surface area (Å²) < 4.78 is 12.7. The van der Waals surface area contributed by atoms with Gasteiger partial charge in [0.25, 0.3) is 0 Å². The van der Waals surface area contributed by atoms with Gasteiger partial charge in [-0.25, -0.2) is 9.97 Å². The lowest BCUT2D eigenvalue weighted by atomic mass is 10.2. The Balaban J connectivity index is 1.57. The Morgan fingerprint density at radius 3 is 2.39 bits per heavy atom. The highest BCUT2D eigenvalue weighted by molar-refractivity contribution is 5.83. The normalized spacial score (nSPS) is 10.4. The van der Waals surface area contributed by atoms with Crippen LogP contribution in [0.5, 0.6) is 11.5 Å². The van der Waals surface area contributed by atoms with E-state index >= 15 is 0 Å². The molecule has 9 heteroatoms. The fraction of sp³-hybridized carbons (Fsp3) is 0.138. The number of ether oxygens (including phenoxy) is 2. The molecule has 9 nitrogen and oxygen atoms in total. The van der Waals surface area contributed by atoms with Crippen molar-refractivity contribution < 1.29 is 9.47 Å². The molecule has 0 aliphatic carbocycles. The van der Waals surface area contributed by atoms with Crippen LogP contribution in [0.3, 0.4) is 0 Å². The molecule has 0 fully saturated rings. The SMILES string of the molecule is COc1cc(OC)cc(N(CC#Cc2cccc(C#N)n2)c2ccc3ncc(-c4cnn(C)c4)nc3c2)c1. The third-order valence-electron chi connectivity index (χ3n) is 5.80. The van der Waals surface area contributed by atoms with E-state index in [-0.39, 0.29) is 0 Å². The molecule has 3 heterocycles. The zero-order valence-corrected chi connectivity index (χ0v) is 21.1. The number of nitrogens with zero attached hydrogens (tertiary/aromatic N) is 7. The molecule has 0 atom stereocenters. The van der Waals surface area contributed by atoms with Gasteiger partial charge in [-0.3, -0.25) is 9.67 Å². The fourth-order valence-electron chi connectivity index (χ4n) is 3.92. The summed E-state index contributed by atoms with van der Waals surface area (Å²) in [7, 11) is 5.09. The van der Waals surface area contributed by atoms with Gasteiger partial charge in [0.2, 0.25) is 0 Å². The number of aryl methyl sites for hydroxylation is 1. The molecule has 0 radical (unpaired) electrons. The van der Waals surface area contributed by atoms with Crippen LogP contribution in [0.25, 0.3) is 22.3 Å². The number of hydrogen-bond acceptors (Lipinski definition) is 8. The second-order valence-corrected chi connectivity index (χ2v) is 8.31. The summed E-state index contributed by atoms with van der Waals surface area (Å²) in [5.74, 6) is 7.56. The smallest absolute Gasteiger partial charge is 0.141 e. The van der Waals surface area contributed by atoms with Crippen LogP contribution in [0.15, 0.2) is 73.2 Å². The van der Waals surface area contributed by atoms with Gasteiger partial charge in [0, 0.05) is 48.4 Å². The molecule has 5 rings (SSSR count). The van der Waals surface area contributed by atoms with E-state index in [0.717, 1.165) is 33.7 Å². The van der Waals surface area contributed by atoms with Gasteiger partial charge < -0.3 is 14.4 Å². The van der Waals surface area contributed by atoms with Crippen molar-refractivity contribution in [3.05, 3.63) is 84.6 Å². The lowest BCUT2D eigenvalue weighted by Crippen LogP contribution is -2.17. The Morgan fingerprint density at radius 2 is 1.68 bits per heavy atom. The highest BCUT2D eigenvalue weighted by atomic mass is 16.5. The molecule has 0 spiro atoms. The highest BCUT2D eigenvalue weighted by Crippen LogP contribution is 2.34. The van der Waals surface area contributed by atoms with Crippen molar-refractivity contribution in [2.75, 3.05) is 25.7 Å². The minimum absolute atomic E-state index is 0.323. The minimum Gasteiger partial charge on any atom is -0.497 e. The lowest BCUT2D eigenvalue weighted by Gasteiger charge is -2.24. The number of benzene rings is 2. The van der Waals surface area contributed by atoms with E-state index in [1.165, 1.54) is 0 Å². The molecule has 0 aliphatic rings. The van der Waals surface area contributed by atoms with Crippen LogP contribution < -0.4 is 14.4 Å². The first-order chi connectivity index (χ1) is 18.6. The fourth-order valence-corrected chi connectivity index (χ4v) is 3.92. The first-order valence-corrected chi connectivity index (χ1v) is 11.7. The van der Waals surface area contributed by atoms with Crippen LogP contribution in [0, 0.1) is 23.2 Å². The Morgan fingerprint density at radius 1 is 0.895 bits per heavy atom. The molecule has 0 saturated heterocycles. The van der Waals surface area contributed by atoms with Crippen molar-refractivity contribution in [2.24, 2.45) is 7.05 Å². The first kappa shape index (κ1) is 24.3. The third kappa shape index (κ3) is 5.23. The van der Waals surface area contributed by atoms with Gasteiger partial charge in [-0.1, -0.05) is 12.0 Å². The zero-order chi connectivity index (χ0) is 26.5. The molecule has 3 aromatic heterocycles. The maximum Gasteiger partial charge on any atom is 0.141 e. The van der Waals surface area contributed by atoms with Gasteiger partial charge >= 0.3 is 0 Å². The van der Waals surface area contributed by atoms with Gasteiger partial charge in [-0.05, 0) is 36.3 Å². The van der Waals surface area contributed by atoms with E-state index in [2.05, 4.69) is 26.9 Å². The van der Waals surface area contributed by atoms with E-state index in [1.807, 2.05) is 60.6 Å². The van der Waals surface area contributed by atoms with Crippen molar-refractivity contribution in [1.82, 2.24) is 24.7 Å². The maximum atomic E-state index is 9.14. The molecule has 0 bridgehead atoms. The van der Waals surface area contributed by atoms with Gasteiger partial charge in [-0.15, -0.1) is 0 Å². The maximum absolute atomic E-state index is 9.14. The van der Waals surface area contributed by atoms with Gasteiger partial charge in [-0.2, -0.15) is 10.4 Å². The number of rotatable bonds is 6. The number of fused-ring (bicyclic) bond motifs is 1. The largest absolute Gasteiger partial charge is 0.497 e. The highest BCUT2D eigenvalue weighted by Gasteiger charge is 2.14. The summed E-state index contributed by atoms with van der Waals surface area (Å²) in [4.78, 5) is 15.7. The summed E-state index contributed by atoms with van der Waals surface area (Å²) in [6.45, 7) is 0.329. The molecule has 0 unspecified atom stereocenters. The predicted molar refractivity (Wildman–Crippen MR) is 144 cm³/mol. The Bertz CT molecular complexity index is 1700. The molecular weight excluding hydrogens is 478 g/mol. The average molecular weight is 502 g/mol. The van der Waals surface area contributed by atoms with E-state index in [1.54, 1.807) is 49.5 Å². The quantitative estimate of drug-likeness (QED) is 0.313. The molecule has 0 amide bonds. The van der Waals surface area contributed by atoms with Crippen LogP contribution in [0.4, 0.5) is 11.4 Å². The molecule has 2 aromatic carbocycles. The molecule has 5 aromatic rings. The standard InChI is InChI=1S/C29H23N7O2/c1-35-19-20(17-32-35)29-18-31-27-10-9-23(14-28(27)34-29)36(24-12-25(37-2)15-26(13-24)38-3)11-5-8-21-6-4-7-22(16-30)33-21/h4,6-7,9-10,12-15,17-19H,11H2,1-3H3. The minimum atomic E-state index is 0.323. The number of anilines is 2. The van der Waals surface area contributed by atoms with E-state index < -0.39 is 0 Å². The summed E-state index contributed by atoms with van der Waals surface area (Å²) >= 11 is 0. The Labute approximate surface area is 219 Å². The summed E-state index contributed by atoms with van der Waals surface area (Å²) in [6, 6.07) is 18.8. The monoisotopic (exact) mass is 501 g/mol. The zero-order valence-electron chi connectivity index (χ0n) is 21.1. The van der Waals surface area contributed by atoms with Crippen LogP contribution in [0.2, 0.25) is 0 Å². The van der Waals surface area contributed by atoms with Crippen molar-refractivity contribution in [1.29, 1.82) is 5.26 Å². The van der Waals surface area contributed by atoms with E-state index in [9.17, 15) is 0 Å². The predicted octanol–water partition coefficient (Wildman–Crippen LogP) is 4.50. The van der Waals surface area contributed by atoms with E-state index in [0.29, 0.717) is 29.4 Å². The van der Waals surface area contributed by atoms with Gasteiger partial charge in [0.15, 0.2) is 0 Å². The summed E-state index contributed by atoms with van der Waals surface area (Å²) in [5.41, 5.74) is 5.67. The number of aromatic nitrogens is 5. The molecule has 0 aliphatic heterocycles. The van der Waals surface area contributed by atoms with E-state index in [4.69, 9.17) is 19.7 Å². The number of methoxy groups -OCH3 is 2. The third-order valence-corrected chi connectivity index (χ3v) is 5.80. The molecule has 38 heavy (non-hydrogen) atoms. The Hall–Kier alpha value is -5.41. The van der Waals surface area contributed by atoms with Gasteiger partial charge in [0.05, 0.1) is 49.9 Å². The Kier molecular flexibility index (Phi) is 6.83. The molecule has 0 saturated carbocycles. The van der Waals surface area contributed by atoms with Crippen molar-refractivity contribution in [3.8, 4) is 40.7 Å².